The molecule has 132 valence electrons. The number of benzene rings is 2. The maximum atomic E-state index is 2.40. The number of fused-ring (bicyclic) bond motifs is 2. The molecule has 0 saturated carbocycles. The molecule has 0 spiro atoms. The van der Waals surface area contributed by atoms with E-state index in [0.29, 0.717) is 0 Å². The first kappa shape index (κ1) is 21.1. The van der Waals surface area contributed by atoms with E-state index in [1.807, 2.05) is 0 Å². The number of hydrogen-bond donors (Lipinski definition) is 0. The summed E-state index contributed by atoms with van der Waals surface area (Å²) in [6, 6.07) is 25.7. The second-order valence-corrected chi connectivity index (χ2v) is 18.2. The van der Waals surface area contributed by atoms with E-state index in [1.54, 1.807) is 0 Å². The molecule has 0 bridgehead atoms. The van der Waals surface area contributed by atoms with Crippen molar-refractivity contribution in [2.75, 3.05) is 0 Å². The predicted octanol–water partition coefficient (Wildman–Crippen LogP) is 7.30. The molecule has 4 aromatic rings. The molecule has 0 aliphatic heterocycles. The van der Waals surface area contributed by atoms with Crippen LogP contribution in [-0.2, 0) is 23.0 Å². The average Bonchev–Trinajstić information content (AvgIpc) is 3.16. The summed E-state index contributed by atoms with van der Waals surface area (Å²) in [7, 11) is 0. The molecule has 0 unspecified atom stereocenters. The zero-order valence-electron chi connectivity index (χ0n) is 16.5. The fraction of sp³-hybridized carbons (Fsp3) is 0.250. The van der Waals surface area contributed by atoms with Crippen molar-refractivity contribution >= 4 is 27.0 Å². The molecule has 0 amide bonds. The summed E-state index contributed by atoms with van der Waals surface area (Å²) in [5.74, 6) is 0. The topological polar surface area (TPSA) is 0 Å². The van der Waals surface area contributed by atoms with E-state index >= 15 is 0 Å². The van der Waals surface area contributed by atoms with Crippen molar-refractivity contribution in [1.29, 1.82) is 0 Å². The van der Waals surface area contributed by atoms with Crippen molar-refractivity contribution in [3.8, 4) is 0 Å². The van der Waals surface area contributed by atoms with E-state index < -0.39 is 0 Å². The summed E-state index contributed by atoms with van der Waals surface area (Å²) >= 11 is 1.46. The minimum Gasteiger partial charge on any atom is -0.165 e. The first-order chi connectivity index (χ1) is 12.4. The normalized spacial score (nSPS) is 10.3. The van der Waals surface area contributed by atoms with E-state index in [-0.39, 0.29) is 5.49 Å². The zero-order chi connectivity index (χ0) is 19.1. The molecule has 0 saturated heterocycles. The monoisotopic (exact) mass is 524 g/mol. The fourth-order valence-electron chi connectivity index (χ4n) is 2.61. The standard InChI is InChI=1S/2C10H9.C4H10Si.Hf/c2*1-8-6-9-4-2-3-5-10(9)7-8;1-4(2)5-3;/h2*2-7H,1H3;4H,1-3H3;/q2*-1;;+2. The van der Waals surface area contributed by atoms with Crippen molar-refractivity contribution in [1.82, 2.24) is 0 Å². The van der Waals surface area contributed by atoms with Gasteiger partial charge in [0.2, 0.25) is 0 Å². The van der Waals surface area contributed by atoms with Crippen molar-refractivity contribution < 1.29 is 23.0 Å². The van der Waals surface area contributed by atoms with E-state index in [9.17, 15) is 0 Å². The molecule has 0 atom stereocenters. The van der Waals surface area contributed by atoms with Gasteiger partial charge in [-0.15, -0.1) is 81.2 Å². The van der Waals surface area contributed by atoms with Crippen molar-refractivity contribution in [3.63, 3.8) is 0 Å². The van der Waals surface area contributed by atoms with Crippen LogP contribution < -0.4 is 0 Å². The minimum atomic E-state index is 0.187. The summed E-state index contributed by atoms with van der Waals surface area (Å²) in [6.45, 7) is 11.3. The van der Waals surface area contributed by atoms with Crippen LogP contribution in [-0.4, -0.2) is 5.49 Å². The van der Waals surface area contributed by atoms with Gasteiger partial charge in [-0.3, -0.25) is 0 Å². The van der Waals surface area contributed by atoms with Gasteiger partial charge in [0.05, 0.1) is 0 Å². The van der Waals surface area contributed by atoms with Crippen LogP contribution in [0.2, 0.25) is 12.1 Å². The van der Waals surface area contributed by atoms with Gasteiger partial charge in [-0.25, -0.2) is 0 Å². The molecule has 4 rings (SSSR count). The Labute approximate surface area is 173 Å². The quantitative estimate of drug-likeness (QED) is 0.182. The first-order valence-electron chi connectivity index (χ1n) is 9.16. The maximum Gasteiger partial charge on any atom is -0.0579 e. The molecule has 2 heteroatoms. The molecule has 0 heterocycles. The van der Waals surface area contributed by atoms with Gasteiger partial charge in [0.15, 0.2) is 0 Å². The molecular weight excluding hydrogens is 495 g/mol. The van der Waals surface area contributed by atoms with E-state index in [0.717, 1.165) is 5.54 Å². The molecule has 0 nitrogen and oxygen atoms in total. The van der Waals surface area contributed by atoms with Crippen molar-refractivity contribution in [3.05, 3.63) is 83.9 Å². The maximum absolute atomic E-state index is 2.40. The summed E-state index contributed by atoms with van der Waals surface area (Å²) in [5, 5.41) is 5.39. The van der Waals surface area contributed by atoms with Crippen LogP contribution in [0.1, 0.15) is 25.0 Å². The van der Waals surface area contributed by atoms with Gasteiger partial charge in [0, 0.05) is 0 Å². The van der Waals surface area contributed by atoms with Crippen LogP contribution in [0.3, 0.4) is 0 Å². The number of rotatable bonds is 1. The third-order valence-corrected chi connectivity index (χ3v) is 12.3. The van der Waals surface area contributed by atoms with Gasteiger partial charge in [-0.05, 0) is 0 Å². The Morgan fingerprint density at radius 3 is 1.42 bits per heavy atom. The molecule has 0 radical (unpaired) electrons. The van der Waals surface area contributed by atoms with Gasteiger partial charge in [-0.2, -0.15) is 12.1 Å². The third-order valence-electron chi connectivity index (χ3n) is 4.39. The van der Waals surface area contributed by atoms with Gasteiger partial charge in [0.25, 0.3) is 0 Å². The number of aryl methyl sites for hydroxylation is 2. The van der Waals surface area contributed by atoms with Crippen molar-refractivity contribution in [2.24, 2.45) is 0 Å². The van der Waals surface area contributed by atoms with Gasteiger partial charge < -0.3 is 0 Å². The van der Waals surface area contributed by atoms with E-state index in [1.165, 1.54) is 55.7 Å². The molecule has 26 heavy (non-hydrogen) atoms. The van der Waals surface area contributed by atoms with Gasteiger partial charge in [0.1, 0.15) is 0 Å². The molecule has 0 aliphatic rings. The minimum absolute atomic E-state index is 0.187. The number of hydrogen-bond acceptors (Lipinski definition) is 0. The Kier molecular flexibility index (Phi) is 8.24. The van der Waals surface area contributed by atoms with Crippen LogP contribution >= 0.6 is 0 Å². The Morgan fingerprint density at radius 1 is 0.769 bits per heavy atom. The van der Waals surface area contributed by atoms with Gasteiger partial charge >= 0.3 is 54.4 Å². The largest absolute Gasteiger partial charge is 0.165 e. The van der Waals surface area contributed by atoms with E-state index in [4.69, 9.17) is 0 Å². The first-order valence-corrected chi connectivity index (χ1v) is 16.6. The van der Waals surface area contributed by atoms with Gasteiger partial charge in [-0.1, -0.05) is 26.0 Å². The second kappa shape index (κ2) is 10.2. The van der Waals surface area contributed by atoms with Crippen LogP contribution in [0.25, 0.3) is 21.5 Å². The fourth-order valence-corrected chi connectivity index (χ4v) is 2.61. The Morgan fingerprint density at radius 2 is 1.12 bits per heavy atom. The molecular formula is C24H28HfSi. The molecule has 0 N–H and O–H groups in total. The zero-order valence-corrected chi connectivity index (χ0v) is 21.1. The summed E-state index contributed by atoms with van der Waals surface area (Å²) in [4.78, 5) is 0. The van der Waals surface area contributed by atoms with Crippen LogP contribution in [0.5, 0.6) is 0 Å². The molecule has 4 aromatic carbocycles. The molecule has 0 aromatic heterocycles. The van der Waals surface area contributed by atoms with Crippen LogP contribution in [0.4, 0.5) is 0 Å². The van der Waals surface area contributed by atoms with Crippen LogP contribution in [0.15, 0.2) is 72.8 Å². The smallest absolute Gasteiger partial charge is 0.0579 e. The summed E-state index contributed by atoms with van der Waals surface area (Å²) in [6.07, 6.45) is 0. The summed E-state index contributed by atoms with van der Waals surface area (Å²) in [5.41, 5.74) is 3.90. The average molecular weight is 523 g/mol. The molecule has 0 aliphatic carbocycles. The third kappa shape index (κ3) is 6.48. The van der Waals surface area contributed by atoms with Crippen molar-refractivity contribution in [2.45, 2.75) is 39.8 Å². The summed E-state index contributed by atoms with van der Waals surface area (Å²) < 4.78 is 0. The van der Waals surface area contributed by atoms with E-state index in [2.05, 4.69) is 107 Å². The Bertz CT molecular complexity index is 834. The SMILES string of the molecule is CC(C)[Si](C)=[Hf+2].Cc1cc2ccccc2[cH-]1.Cc1cc2ccccc2[cH-]1. The predicted molar refractivity (Wildman–Crippen MR) is 115 cm³/mol. The molecule has 0 fully saturated rings. The second-order valence-electron chi connectivity index (χ2n) is 7.16. The Hall–Kier alpha value is -1.25. The Balaban J connectivity index is 0.000000146. The van der Waals surface area contributed by atoms with Crippen LogP contribution in [0, 0.1) is 13.8 Å².